The van der Waals surface area contributed by atoms with Crippen molar-refractivity contribution in [1.82, 2.24) is 0 Å². The van der Waals surface area contributed by atoms with E-state index in [2.05, 4.69) is 0 Å². The molecule has 1 fully saturated rings. The third-order valence-electron chi connectivity index (χ3n) is 6.10. The van der Waals surface area contributed by atoms with Crippen molar-refractivity contribution in [2.45, 2.75) is 26.8 Å². The van der Waals surface area contributed by atoms with Crippen molar-refractivity contribution < 1.29 is 24.2 Å². The maximum Gasteiger partial charge on any atom is 0.300 e. The van der Waals surface area contributed by atoms with Gasteiger partial charge in [0.05, 0.1) is 31.4 Å². The van der Waals surface area contributed by atoms with Crippen LogP contribution in [-0.4, -0.2) is 31.0 Å². The highest BCUT2D eigenvalue weighted by Crippen LogP contribution is 2.44. The summed E-state index contributed by atoms with van der Waals surface area (Å²) in [5, 5.41) is 11.4. The van der Waals surface area contributed by atoms with E-state index >= 15 is 0 Å². The first-order valence-electron chi connectivity index (χ1n) is 10.9. The highest BCUT2D eigenvalue weighted by Gasteiger charge is 2.47. The smallest absolute Gasteiger partial charge is 0.300 e. The summed E-state index contributed by atoms with van der Waals surface area (Å²) < 4.78 is 10.7. The van der Waals surface area contributed by atoms with Crippen LogP contribution in [0.15, 0.2) is 66.2 Å². The van der Waals surface area contributed by atoms with Gasteiger partial charge in [0.2, 0.25) is 0 Å². The summed E-state index contributed by atoms with van der Waals surface area (Å²) in [5.74, 6) is -0.656. The first-order chi connectivity index (χ1) is 16.3. The maximum atomic E-state index is 13.4. The molecular weight excluding hydrogens is 430 g/mol. The van der Waals surface area contributed by atoms with E-state index in [4.69, 9.17) is 9.47 Å². The normalized spacial score (nSPS) is 17.2. The molecule has 1 aliphatic heterocycles. The lowest BCUT2D eigenvalue weighted by Crippen LogP contribution is -2.30. The van der Waals surface area contributed by atoms with Gasteiger partial charge in [-0.25, -0.2) is 0 Å². The zero-order valence-corrected chi connectivity index (χ0v) is 19.9. The van der Waals surface area contributed by atoms with Crippen molar-refractivity contribution in [2.24, 2.45) is 0 Å². The molecule has 0 aliphatic carbocycles. The van der Waals surface area contributed by atoms with Crippen LogP contribution in [0.5, 0.6) is 11.5 Å². The van der Waals surface area contributed by atoms with E-state index in [1.807, 2.05) is 45.0 Å². The molecule has 0 saturated carbocycles. The van der Waals surface area contributed by atoms with Gasteiger partial charge in [-0.1, -0.05) is 41.5 Å². The second-order valence-corrected chi connectivity index (χ2v) is 8.44. The molecule has 174 valence electrons. The molecule has 3 aromatic rings. The number of carbonyl (C=O) groups is 2. The maximum absolute atomic E-state index is 13.4. The Morgan fingerprint density at radius 3 is 2.12 bits per heavy atom. The Balaban J connectivity index is 1.99. The number of anilines is 1. The Hall–Kier alpha value is -4.06. The summed E-state index contributed by atoms with van der Waals surface area (Å²) in [6.07, 6.45) is 0. The number of ketones is 1. The van der Waals surface area contributed by atoms with Gasteiger partial charge in [0.1, 0.15) is 17.3 Å². The van der Waals surface area contributed by atoms with Crippen molar-refractivity contribution in [2.75, 3.05) is 19.1 Å². The first kappa shape index (κ1) is 23.1. The molecule has 34 heavy (non-hydrogen) atoms. The SMILES string of the molecule is COc1ccc(C2/C(=C(\O)c3cc(C)ccc3OC)C(=O)C(=O)N2c2ccc(C)cc2C)cc1. The van der Waals surface area contributed by atoms with Crippen LogP contribution in [0.25, 0.3) is 5.76 Å². The zero-order chi connectivity index (χ0) is 24.6. The summed E-state index contributed by atoms with van der Waals surface area (Å²) in [5.41, 5.74) is 4.44. The molecule has 1 saturated heterocycles. The number of Topliss-reactive ketones (excluding diaryl/α,β-unsaturated/α-hetero) is 1. The van der Waals surface area contributed by atoms with E-state index in [9.17, 15) is 14.7 Å². The number of nitrogens with zero attached hydrogens (tertiary/aromatic N) is 1. The van der Waals surface area contributed by atoms with Gasteiger partial charge >= 0.3 is 0 Å². The lowest BCUT2D eigenvalue weighted by molar-refractivity contribution is -0.132. The third-order valence-corrected chi connectivity index (χ3v) is 6.10. The summed E-state index contributed by atoms with van der Waals surface area (Å²) in [6, 6.07) is 17.3. The predicted octanol–water partition coefficient (Wildman–Crippen LogP) is 5.26. The Morgan fingerprint density at radius 2 is 1.50 bits per heavy atom. The molecule has 1 unspecified atom stereocenters. The fourth-order valence-corrected chi connectivity index (χ4v) is 4.41. The number of methoxy groups -OCH3 is 2. The number of rotatable bonds is 5. The minimum atomic E-state index is -0.822. The van der Waals surface area contributed by atoms with Crippen molar-refractivity contribution in [3.8, 4) is 11.5 Å². The van der Waals surface area contributed by atoms with Gasteiger partial charge in [0.15, 0.2) is 0 Å². The van der Waals surface area contributed by atoms with Crippen molar-refractivity contribution >= 4 is 23.1 Å². The predicted molar refractivity (Wildman–Crippen MR) is 131 cm³/mol. The molecule has 0 aromatic heterocycles. The monoisotopic (exact) mass is 457 g/mol. The molecule has 4 rings (SSSR count). The molecule has 1 N–H and O–H groups in total. The van der Waals surface area contributed by atoms with Gasteiger partial charge in [-0.3, -0.25) is 14.5 Å². The van der Waals surface area contributed by atoms with Gasteiger partial charge in [-0.05, 0) is 62.2 Å². The van der Waals surface area contributed by atoms with Crippen LogP contribution < -0.4 is 14.4 Å². The highest BCUT2D eigenvalue weighted by molar-refractivity contribution is 6.51. The van der Waals surface area contributed by atoms with E-state index in [0.717, 1.165) is 16.7 Å². The summed E-state index contributed by atoms with van der Waals surface area (Å²) >= 11 is 0. The number of ether oxygens (including phenoxy) is 2. The second-order valence-electron chi connectivity index (χ2n) is 8.44. The summed E-state index contributed by atoms with van der Waals surface area (Å²) in [7, 11) is 3.07. The number of aliphatic hydroxyl groups excluding tert-OH is 1. The minimum Gasteiger partial charge on any atom is -0.507 e. The molecule has 6 heteroatoms. The quantitative estimate of drug-likeness (QED) is 0.322. The van der Waals surface area contributed by atoms with Gasteiger partial charge in [-0.15, -0.1) is 0 Å². The van der Waals surface area contributed by atoms with Crippen molar-refractivity contribution in [1.29, 1.82) is 0 Å². The van der Waals surface area contributed by atoms with Crippen LogP contribution in [0, 0.1) is 20.8 Å². The molecule has 6 nitrogen and oxygen atoms in total. The Bertz CT molecular complexity index is 1310. The molecule has 1 atom stereocenters. The van der Waals surface area contributed by atoms with Crippen molar-refractivity contribution in [3.63, 3.8) is 0 Å². The lowest BCUT2D eigenvalue weighted by Gasteiger charge is -2.27. The van der Waals surface area contributed by atoms with Crippen LogP contribution in [0.2, 0.25) is 0 Å². The molecule has 3 aromatic carbocycles. The number of hydrogen-bond donors (Lipinski definition) is 1. The number of amides is 1. The standard InChI is InChI=1S/C28H27NO5/c1-16-6-12-22(18(3)14-16)29-25(19-8-10-20(33-4)11-9-19)24(27(31)28(29)32)26(30)21-15-17(2)7-13-23(21)34-5/h6-15,25,30H,1-5H3/b26-24+. The van der Waals surface area contributed by atoms with Gasteiger partial charge in [0, 0.05) is 5.69 Å². The van der Waals surface area contributed by atoms with E-state index < -0.39 is 17.7 Å². The number of aryl methyl sites for hydroxylation is 3. The molecule has 0 spiro atoms. The Labute approximate surface area is 199 Å². The van der Waals surface area contributed by atoms with Crippen molar-refractivity contribution in [3.05, 3.63) is 94.1 Å². The number of hydrogen-bond acceptors (Lipinski definition) is 5. The molecule has 0 bridgehead atoms. The Morgan fingerprint density at radius 1 is 0.853 bits per heavy atom. The molecular formula is C28H27NO5. The van der Waals surface area contributed by atoms with Gasteiger partial charge < -0.3 is 14.6 Å². The minimum absolute atomic E-state index is 0.0130. The number of aliphatic hydroxyl groups is 1. The van der Waals surface area contributed by atoms with Crippen LogP contribution in [-0.2, 0) is 9.59 Å². The highest BCUT2D eigenvalue weighted by atomic mass is 16.5. The lowest BCUT2D eigenvalue weighted by atomic mass is 9.94. The molecule has 0 radical (unpaired) electrons. The van der Waals surface area contributed by atoms with Gasteiger partial charge in [-0.2, -0.15) is 0 Å². The average molecular weight is 458 g/mol. The second kappa shape index (κ2) is 9.06. The zero-order valence-electron chi connectivity index (χ0n) is 19.9. The van der Waals surface area contributed by atoms with Crippen LogP contribution in [0.4, 0.5) is 5.69 Å². The molecule has 1 heterocycles. The largest absolute Gasteiger partial charge is 0.507 e. The van der Waals surface area contributed by atoms with Crippen LogP contribution in [0.1, 0.15) is 33.9 Å². The average Bonchev–Trinajstić information content (AvgIpc) is 3.09. The number of benzene rings is 3. The third kappa shape index (κ3) is 3.92. The fraction of sp³-hybridized carbons (Fsp3) is 0.214. The molecule has 1 aliphatic rings. The molecule has 1 amide bonds. The summed E-state index contributed by atoms with van der Waals surface area (Å²) in [4.78, 5) is 28.3. The van der Waals surface area contributed by atoms with E-state index in [0.29, 0.717) is 28.3 Å². The topological polar surface area (TPSA) is 76.1 Å². The van der Waals surface area contributed by atoms with E-state index in [1.165, 1.54) is 12.0 Å². The fourth-order valence-electron chi connectivity index (χ4n) is 4.41. The first-order valence-corrected chi connectivity index (χ1v) is 10.9. The van der Waals surface area contributed by atoms with Crippen LogP contribution in [0.3, 0.4) is 0 Å². The van der Waals surface area contributed by atoms with E-state index in [-0.39, 0.29) is 11.3 Å². The number of carbonyl (C=O) groups excluding carboxylic acids is 2. The van der Waals surface area contributed by atoms with Crippen LogP contribution >= 0.6 is 0 Å². The van der Waals surface area contributed by atoms with Gasteiger partial charge in [0.25, 0.3) is 11.7 Å². The summed E-state index contributed by atoms with van der Waals surface area (Å²) in [6.45, 7) is 5.75. The van der Waals surface area contributed by atoms with E-state index in [1.54, 1.807) is 43.5 Å². The Kier molecular flexibility index (Phi) is 6.16.